The summed E-state index contributed by atoms with van der Waals surface area (Å²) in [5.74, 6) is 0.331. The Morgan fingerprint density at radius 3 is 3.08 bits per heavy atom. The third-order valence-electron chi connectivity index (χ3n) is 5.44. The van der Waals surface area contributed by atoms with Crippen molar-refractivity contribution in [2.24, 2.45) is 11.8 Å². The van der Waals surface area contributed by atoms with Crippen LogP contribution in [0.2, 0.25) is 0 Å². The van der Waals surface area contributed by atoms with E-state index < -0.39 is 11.7 Å². The molecule has 0 spiro atoms. The Labute approximate surface area is 147 Å². The van der Waals surface area contributed by atoms with Crippen LogP contribution in [-0.4, -0.2) is 45.2 Å². The molecule has 3 aromatic rings. The molecule has 3 unspecified atom stereocenters. The Hall–Kier alpha value is -2.97. The highest BCUT2D eigenvalue weighted by atomic mass is 19.1. The zero-order valence-corrected chi connectivity index (χ0v) is 14.1. The predicted molar refractivity (Wildman–Crippen MR) is 90.2 cm³/mol. The number of nitrogens with zero attached hydrogens (tertiary/aromatic N) is 4. The summed E-state index contributed by atoms with van der Waals surface area (Å²) in [4.78, 5) is 21.4. The van der Waals surface area contributed by atoms with Crippen LogP contribution < -0.4 is 10.2 Å². The number of imidazole rings is 1. The minimum absolute atomic E-state index is 0.0235. The van der Waals surface area contributed by atoms with Crippen molar-refractivity contribution in [3.8, 4) is 0 Å². The third kappa shape index (κ3) is 2.27. The summed E-state index contributed by atoms with van der Waals surface area (Å²) < 4.78 is 20.0. The van der Waals surface area contributed by atoms with Crippen molar-refractivity contribution in [1.82, 2.24) is 25.5 Å². The maximum absolute atomic E-state index is 14.5. The van der Waals surface area contributed by atoms with Crippen LogP contribution in [-0.2, 0) is 0 Å². The zero-order chi connectivity index (χ0) is 17.8. The van der Waals surface area contributed by atoms with Gasteiger partial charge in [-0.15, -0.1) is 5.10 Å². The SMILES string of the molecule is Cc1nnc(N2CC3CC(NC(=O)c4ccc5[nH]cnc5c4F)C3C2)o1. The lowest BCUT2D eigenvalue weighted by Gasteiger charge is -2.39. The average Bonchev–Trinajstić information content (AvgIpc) is 3.32. The molecule has 1 aromatic carbocycles. The van der Waals surface area contributed by atoms with Crippen LogP contribution in [0.25, 0.3) is 11.0 Å². The van der Waals surface area contributed by atoms with Crippen LogP contribution in [0.5, 0.6) is 0 Å². The van der Waals surface area contributed by atoms with Crippen molar-refractivity contribution >= 4 is 23.0 Å². The Morgan fingerprint density at radius 2 is 2.27 bits per heavy atom. The van der Waals surface area contributed by atoms with Gasteiger partial charge in [0, 0.05) is 32.0 Å². The minimum atomic E-state index is -0.591. The number of hydrogen-bond acceptors (Lipinski definition) is 6. The number of aromatic amines is 1. The Kier molecular flexibility index (Phi) is 3.25. The molecule has 134 valence electrons. The van der Waals surface area contributed by atoms with Crippen molar-refractivity contribution in [1.29, 1.82) is 0 Å². The first-order valence-corrected chi connectivity index (χ1v) is 8.57. The van der Waals surface area contributed by atoms with Gasteiger partial charge in [0.05, 0.1) is 17.4 Å². The highest BCUT2D eigenvalue weighted by molar-refractivity contribution is 5.98. The van der Waals surface area contributed by atoms with E-state index in [0.717, 1.165) is 19.5 Å². The number of rotatable bonds is 3. The summed E-state index contributed by atoms with van der Waals surface area (Å²) in [6.07, 6.45) is 2.28. The summed E-state index contributed by atoms with van der Waals surface area (Å²) in [6.45, 7) is 3.35. The van der Waals surface area contributed by atoms with Gasteiger partial charge in [0.1, 0.15) is 5.52 Å². The van der Waals surface area contributed by atoms with Crippen molar-refractivity contribution in [3.05, 3.63) is 35.7 Å². The Bertz CT molecular complexity index is 998. The molecule has 1 aliphatic carbocycles. The van der Waals surface area contributed by atoms with Gasteiger partial charge in [-0.1, -0.05) is 5.10 Å². The lowest BCUT2D eigenvalue weighted by Crippen LogP contribution is -2.52. The maximum Gasteiger partial charge on any atom is 0.318 e. The summed E-state index contributed by atoms with van der Waals surface area (Å²) in [7, 11) is 0. The Balaban J connectivity index is 1.29. The van der Waals surface area contributed by atoms with Crippen LogP contribution >= 0.6 is 0 Å². The zero-order valence-electron chi connectivity index (χ0n) is 14.1. The van der Waals surface area contributed by atoms with E-state index in [-0.39, 0.29) is 17.1 Å². The van der Waals surface area contributed by atoms with E-state index in [9.17, 15) is 9.18 Å². The fraction of sp³-hybridized carbons (Fsp3) is 0.412. The fourth-order valence-electron chi connectivity index (χ4n) is 4.04. The second-order valence-electron chi connectivity index (χ2n) is 6.97. The largest absolute Gasteiger partial charge is 0.408 e. The molecule has 1 saturated carbocycles. The molecule has 2 fully saturated rings. The predicted octanol–water partition coefficient (Wildman–Crippen LogP) is 1.65. The topological polar surface area (TPSA) is 99.9 Å². The average molecular weight is 356 g/mol. The van der Waals surface area contributed by atoms with Crippen LogP contribution in [0.3, 0.4) is 0 Å². The fourth-order valence-corrected chi connectivity index (χ4v) is 4.04. The molecule has 2 N–H and O–H groups in total. The van der Waals surface area contributed by atoms with Gasteiger partial charge >= 0.3 is 6.01 Å². The van der Waals surface area contributed by atoms with E-state index in [2.05, 4.69) is 30.4 Å². The molecule has 5 rings (SSSR count). The van der Waals surface area contributed by atoms with Crippen molar-refractivity contribution in [2.45, 2.75) is 19.4 Å². The van der Waals surface area contributed by atoms with E-state index >= 15 is 0 Å². The molecular formula is C17H17FN6O2. The molecule has 2 aromatic heterocycles. The normalized spacial score (nSPS) is 24.5. The van der Waals surface area contributed by atoms with Crippen LogP contribution in [0.1, 0.15) is 22.7 Å². The van der Waals surface area contributed by atoms with Gasteiger partial charge in [0.25, 0.3) is 5.91 Å². The monoisotopic (exact) mass is 356 g/mol. The molecule has 1 saturated heterocycles. The number of aryl methyl sites for hydroxylation is 1. The molecule has 3 heterocycles. The summed E-state index contributed by atoms with van der Waals surface area (Å²) in [6, 6.07) is 3.70. The molecular weight excluding hydrogens is 339 g/mol. The molecule has 9 heteroatoms. The second kappa shape index (κ2) is 5.52. The number of fused-ring (bicyclic) bond motifs is 2. The van der Waals surface area contributed by atoms with Crippen LogP contribution in [0.15, 0.2) is 22.9 Å². The number of nitrogens with one attached hydrogen (secondary N) is 2. The van der Waals surface area contributed by atoms with Crippen molar-refractivity contribution in [2.75, 3.05) is 18.0 Å². The van der Waals surface area contributed by atoms with E-state index in [1.807, 2.05) is 0 Å². The van der Waals surface area contributed by atoms with Gasteiger partial charge in [0.2, 0.25) is 5.89 Å². The van der Waals surface area contributed by atoms with E-state index in [1.54, 1.807) is 13.0 Å². The molecule has 2 aliphatic rings. The van der Waals surface area contributed by atoms with Gasteiger partial charge in [-0.2, -0.15) is 0 Å². The van der Waals surface area contributed by atoms with Gasteiger partial charge in [-0.05, 0) is 24.5 Å². The number of aromatic nitrogens is 4. The van der Waals surface area contributed by atoms with E-state index in [1.165, 1.54) is 12.4 Å². The molecule has 1 amide bonds. The highest BCUT2D eigenvalue weighted by Gasteiger charge is 2.48. The van der Waals surface area contributed by atoms with Crippen molar-refractivity contribution < 1.29 is 13.6 Å². The quantitative estimate of drug-likeness (QED) is 0.740. The number of hydrogen-bond donors (Lipinski definition) is 2. The number of carbonyl (C=O) groups excluding carboxylic acids is 1. The number of amides is 1. The Morgan fingerprint density at radius 1 is 1.38 bits per heavy atom. The van der Waals surface area contributed by atoms with Crippen LogP contribution in [0.4, 0.5) is 10.4 Å². The van der Waals surface area contributed by atoms with E-state index in [4.69, 9.17) is 4.42 Å². The second-order valence-corrected chi connectivity index (χ2v) is 6.97. The molecule has 0 radical (unpaired) electrons. The number of benzene rings is 1. The summed E-state index contributed by atoms with van der Waals surface area (Å²) >= 11 is 0. The number of anilines is 1. The van der Waals surface area contributed by atoms with Crippen molar-refractivity contribution in [3.63, 3.8) is 0 Å². The molecule has 3 atom stereocenters. The number of H-pyrrole nitrogens is 1. The third-order valence-corrected chi connectivity index (χ3v) is 5.44. The smallest absolute Gasteiger partial charge is 0.318 e. The molecule has 8 nitrogen and oxygen atoms in total. The number of carbonyl (C=O) groups is 1. The summed E-state index contributed by atoms with van der Waals surface area (Å²) in [5, 5.41) is 10.9. The first-order chi connectivity index (χ1) is 12.6. The first kappa shape index (κ1) is 15.3. The number of halogens is 1. The first-order valence-electron chi connectivity index (χ1n) is 8.57. The minimum Gasteiger partial charge on any atom is -0.408 e. The van der Waals surface area contributed by atoms with Gasteiger partial charge in [-0.3, -0.25) is 4.79 Å². The molecule has 26 heavy (non-hydrogen) atoms. The van der Waals surface area contributed by atoms with Gasteiger partial charge in [0.15, 0.2) is 5.82 Å². The van der Waals surface area contributed by atoms with Gasteiger partial charge < -0.3 is 19.6 Å². The standard InChI is InChI=1S/C17H17FN6O2/c1-8-22-23-17(26-8)24-5-9-4-13(11(9)6-24)21-16(25)10-2-3-12-15(14(10)18)20-7-19-12/h2-3,7,9,11,13H,4-6H2,1H3,(H,19,20)(H,21,25). The maximum atomic E-state index is 14.5. The van der Waals surface area contributed by atoms with E-state index in [0.29, 0.717) is 29.3 Å². The lowest BCUT2D eigenvalue weighted by atomic mass is 9.71. The lowest BCUT2D eigenvalue weighted by molar-refractivity contribution is 0.0829. The highest BCUT2D eigenvalue weighted by Crippen LogP contribution is 2.42. The van der Waals surface area contributed by atoms with Crippen LogP contribution in [0, 0.1) is 24.6 Å². The summed E-state index contributed by atoms with van der Waals surface area (Å²) in [5.41, 5.74) is 0.780. The molecule has 1 aliphatic heterocycles. The molecule has 0 bridgehead atoms. The van der Waals surface area contributed by atoms with Gasteiger partial charge in [-0.25, -0.2) is 9.37 Å².